The lowest BCUT2D eigenvalue weighted by molar-refractivity contribution is -0.116. The molecule has 3 aromatic rings. The van der Waals surface area contributed by atoms with E-state index in [0.717, 1.165) is 39.0 Å². The van der Waals surface area contributed by atoms with E-state index in [1.165, 1.54) is 11.3 Å². The second kappa shape index (κ2) is 9.87. The minimum Gasteiger partial charge on any atom is -0.368 e. The first-order valence-corrected chi connectivity index (χ1v) is 10.5. The number of carbonyl (C=O) groups excluding carboxylic acids is 1. The van der Waals surface area contributed by atoms with Crippen molar-refractivity contribution in [3.8, 4) is 0 Å². The molecule has 0 aliphatic carbocycles. The third-order valence-electron chi connectivity index (χ3n) is 5.32. The summed E-state index contributed by atoms with van der Waals surface area (Å²) in [5.41, 5.74) is 3.15. The molecule has 30 heavy (non-hydrogen) atoms. The van der Waals surface area contributed by atoms with Crippen LogP contribution >= 0.6 is 0 Å². The van der Waals surface area contributed by atoms with Gasteiger partial charge in [0.1, 0.15) is 0 Å². The molecule has 0 saturated carbocycles. The summed E-state index contributed by atoms with van der Waals surface area (Å²) < 4.78 is 0. The van der Waals surface area contributed by atoms with Gasteiger partial charge >= 0.3 is 0 Å². The van der Waals surface area contributed by atoms with Crippen LogP contribution in [-0.4, -0.2) is 42.1 Å². The molecule has 4 rings (SSSR count). The standard InChI is InChI=1S/C24H27N5O/c30-23(13-7-10-20-8-3-1-4-9-20)27-21-18-25-24(26-19-21)29-16-14-28(15-17-29)22-11-5-2-6-12-22/h1-6,8-9,11-12,18-19H,7,10,13-17H2,(H,27,30). The number of carbonyl (C=O) groups is 1. The summed E-state index contributed by atoms with van der Waals surface area (Å²) >= 11 is 0. The lowest BCUT2D eigenvalue weighted by Gasteiger charge is -2.36. The predicted octanol–water partition coefficient (Wildman–Crippen LogP) is 3.76. The number of para-hydroxylation sites is 1. The van der Waals surface area contributed by atoms with E-state index >= 15 is 0 Å². The van der Waals surface area contributed by atoms with Crippen LogP contribution in [0.4, 0.5) is 17.3 Å². The van der Waals surface area contributed by atoms with Crippen LogP contribution in [0.25, 0.3) is 0 Å². The van der Waals surface area contributed by atoms with Crippen molar-refractivity contribution in [3.63, 3.8) is 0 Å². The Kier molecular flexibility index (Phi) is 6.54. The van der Waals surface area contributed by atoms with Crippen LogP contribution in [0.15, 0.2) is 73.1 Å². The smallest absolute Gasteiger partial charge is 0.225 e. The summed E-state index contributed by atoms with van der Waals surface area (Å²) in [6.07, 6.45) is 5.60. The number of aromatic nitrogens is 2. The number of hydrogen-bond donors (Lipinski definition) is 1. The molecule has 1 aromatic heterocycles. The second-order valence-corrected chi connectivity index (χ2v) is 7.47. The molecule has 0 spiro atoms. The van der Waals surface area contributed by atoms with E-state index in [0.29, 0.717) is 18.1 Å². The SMILES string of the molecule is O=C(CCCc1ccccc1)Nc1cnc(N2CCN(c3ccccc3)CC2)nc1. The van der Waals surface area contributed by atoms with E-state index in [2.05, 4.69) is 61.5 Å². The molecule has 0 radical (unpaired) electrons. The first kappa shape index (κ1) is 19.9. The van der Waals surface area contributed by atoms with Crippen molar-refractivity contribution in [2.75, 3.05) is 41.3 Å². The quantitative estimate of drug-likeness (QED) is 0.653. The highest BCUT2D eigenvalue weighted by atomic mass is 16.1. The fourth-order valence-electron chi connectivity index (χ4n) is 3.67. The second-order valence-electron chi connectivity index (χ2n) is 7.47. The summed E-state index contributed by atoms with van der Waals surface area (Å²) in [4.78, 5) is 25.7. The van der Waals surface area contributed by atoms with E-state index in [4.69, 9.17) is 0 Å². The van der Waals surface area contributed by atoms with Crippen molar-refractivity contribution < 1.29 is 4.79 Å². The van der Waals surface area contributed by atoms with E-state index in [1.807, 2.05) is 24.3 Å². The van der Waals surface area contributed by atoms with Gasteiger partial charge in [-0.15, -0.1) is 0 Å². The topological polar surface area (TPSA) is 61.4 Å². The molecule has 0 atom stereocenters. The van der Waals surface area contributed by atoms with Crippen LogP contribution < -0.4 is 15.1 Å². The molecule has 0 unspecified atom stereocenters. The first-order valence-electron chi connectivity index (χ1n) is 10.5. The highest BCUT2D eigenvalue weighted by Gasteiger charge is 2.19. The average Bonchev–Trinajstić information content (AvgIpc) is 2.81. The lowest BCUT2D eigenvalue weighted by atomic mass is 10.1. The Morgan fingerprint density at radius 3 is 2.10 bits per heavy atom. The van der Waals surface area contributed by atoms with Crippen molar-refractivity contribution in [3.05, 3.63) is 78.6 Å². The Labute approximate surface area is 177 Å². The van der Waals surface area contributed by atoms with Crippen LogP contribution in [0.1, 0.15) is 18.4 Å². The van der Waals surface area contributed by atoms with E-state index < -0.39 is 0 Å². The molecule has 6 nitrogen and oxygen atoms in total. The molecule has 0 bridgehead atoms. The number of anilines is 3. The molecule has 1 aliphatic rings. The van der Waals surface area contributed by atoms with Gasteiger partial charge in [-0.3, -0.25) is 4.79 Å². The van der Waals surface area contributed by atoms with Gasteiger partial charge in [0.2, 0.25) is 11.9 Å². The zero-order valence-electron chi connectivity index (χ0n) is 17.1. The summed E-state index contributed by atoms with van der Waals surface area (Å²) in [6, 6.07) is 20.7. The van der Waals surface area contributed by atoms with Gasteiger partial charge in [-0.25, -0.2) is 9.97 Å². The minimum absolute atomic E-state index is 0.00115. The fraction of sp³-hybridized carbons (Fsp3) is 0.292. The number of amides is 1. The average molecular weight is 402 g/mol. The Balaban J connectivity index is 1.23. The van der Waals surface area contributed by atoms with Gasteiger partial charge in [0.25, 0.3) is 0 Å². The Morgan fingerprint density at radius 1 is 0.833 bits per heavy atom. The Morgan fingerprint density at radius 2 is 1.43 bits per heavy atom. The molecular weight excluding hydrogens is 374 g/mol. The summed E-state index contributed by atoms with van der Waals surface area (Å²) in [5, 5.41) is 2.90. The van der Waals surface area contributed by atoms with Gasteiger partial charge in [-0.1, -0.05) is 48.5 Å². The van der Waals surface area contributed by atoms with Crippen molar-refractivity contribution in [1.29, 1.82) is 0 Å². The number of nitrogens with zero attached hydrogens (tertiary/aromatic N) is 4. The number of aryl methyl sites for hydroxylation is 1. The van der Waals surface area contributed by atoms with Crippen LogP contribution in [0, 0.1) is 0 Å². The molecular formula is C24H27N5O. The van der Waals surface area contributed by atoms with Crippen LogP contribution in [0.5, 0.6) is 0 Å². The Bertz CT molecular complexity index is 923. The summed E-state index contributed by atoms with van der Waals surface area (Å²) in [7, 11) is 0. The predicted molar refractivity (Wildman–Crippen MR) is 121 cm³/mol. The first-order chi connectivity index (χ1) is 14.8. The molecule has 1 aliphatic heterocycles. The molecule has 6 heteroatoms. The van der Waals surface area contributed by atoms with Gasteiger partial charge < -0.3 is 15.1 Å². The third kappa shape index (κ3) is 5.35. The van der Waals surface area contributed by atoms with Gasteiger partial charge in [0.05, 0.1) is 18.1 Å². The number of hydrogen-bond acceptors (Lipinski definition) is 5. The van der Waals surface area contributed by atoms with Crippen LogP contribution in [-0.2, 0) is 11.2 Å². The normalized spacial score (nSPS) is 13.9. The van der Waals surface area contributed by atoms with E-state index in [1.54, 1.807) is 12.4 Å². The van der Waals surface area contributed by atoms with E-state index in [-0.39, 0.29) is 5.91 Å². The molecule has 1 N–H and O–H groups in total. The minimum atomic E-state index is -0.00115. The van der Waals surface area contributed by atoms with Crippen molar-refractivity contribution in [1.82, 2.24) is 9.97 Å². The van der Waals surface area contributed by atoms with Crippen LogP contribution in [0.2, 0.25) is 0 Å². The maximum atomic E-state index is 12.2. The highest BCUT2D eigenvalue weighted by Crippen LogP contribution is 2.18. The largest absolute Gasteiger partial charge is 0.368 e. The number of rotatable bonds is 7. The molecule has 2 heterocycles. The third-order valence-corrected chi connectivity index (χ3v) is 5.32. The summed E-state index contributed by atoms with van der Waals surface area (Å²) in [6.45, 7) is 3.63. The lowest BCUT2D eigenvalue weighted by Crippen LogP contribution is -2.47. The van der Waals surface area contributed by atoms with Gasteiger partial charge in [0.15, 0.2) is 0 Å². The van der Waals surface area contributed by atoms with Crippen molar-refractivity contribution >= 4 is 23.2 Å². The zero-order valence-corrected chi connectivity index (χ0v) is 17.1. The van der Waals surface area contributed by atoms with Crippen molar-refractivity contribution in [2.45, 2.75) is 19.3 Å². The highest BCUT2D eigenvalue weighted by molar-refractivity contribution is 5.90. The Hall–Kier alpha value is -3.41. The van der Waals surface area contributed by atoms with Gasteiger partial charge in [-0.05, 0) is 30.5 Å². The maximum Gasteiger partial charge on any atom is 0.225 e. The monoisotopic (exact) mass is 401 g/mol. The van der Waals surface area contributed by atoms with Gasteiger partial charge in [-0.2, -0.15) is 0 Å². The number of benzene rings is 2. The maximum absolute atomic E-state index is 12.2. The number of nitrogens with one attached hydrogen (secondary N) is 1. The molecule has 154 valence electrons. The molecule has 1 fully saturated rings. The fourth-order valence-corrected chi connectivity index (χ4v) is 3.67. The van der Waals surface area contributed by atoms with Gasteiger partial charge in [0, 0.05) is 38.3 Å². The molecule has 1 amide bonds. The zero-order chi connectivity index (χ0) is 20.6. The molecule has 2 aromatic carbocycles. The van der Waals surface area contributed by atoms with Crippen molar-refractivity contribution in [2.24, 2.45) is 0 Å². The van der Waals surface area contributed by atoms with Crippen LogP contribution in [0.3, 0.4) is 0 Å². The molecule has 1 saturated heterocycles. The number of piperazine rings is 1. The summed E-state index contributed by atoms with van der Waals surface area (Å²) in [5.74, 6) is 0.712. The van der Waals surface area contributed by atoms with E-state index in [9.17, 15) is 4.79 Å².